The molecule has 5 nitrogen and oxygen atoms in total. The summed E-state index contributed by atoms with van der Waals surface area (Å²) in [7, 11) is 2.00. The van der Waals surface area contributed by atoms with Crippen molar-refractivity contribution in [3.05, 3.63) is 23.8 Å². The summed E-state index contributed by atoms with van der Waals surface area (Å²) in [6.45, 7) is 5.98. The molecule has 4 saturated carbocycles. The smallest absolute Gasteiger partial charge is 0.162 e. The zero-order valence-electron chi connectivity index (χ0n) is 23.3. The van der Waals surface area contributed by atoms with Crippen LogP contribution in [-0.4, -0.2) is 64.5 Å². The molecule has 0 aromatic rings. The summed E-state index contributed by atoms with van der Waals surface area (Å²) >= 11 is 0. The lowest BCUT2D eigenvalue weighted by Crippen LogP contribution is -2.67. The first kappa shape index (κ1) is 26.2. The van der Waals surface area contributed by atoms with Gasteiger partial charge in [-0.1, -0.05) is 51.3 Å². The molecule has 7 aliphatic carbocycles. The van der Waals surface area contributed by atoms with Crippen molar-refractivity contribution in [2.45, 2.75) is 103 Å². The zero-order chi connectivity index (χ0) is 26.3. The van der Waals surface area contributed by atoms with E-state index in [1.807, 2.05) is 7.05 Å². The van der Waals surface area contributed by atoms with Gasteiger partial charge in [0.05, 0.1) is 18.3 Å². The van der Waals surface area contributed by atoms with Gasteiger partial charge in [-0.3, -0.25) is 4.79 Å². The molecular formula is C32H49NO4. The summed E-state index contributed by atoms with van der Waals surface area (Å²) in [5.41, 5.74) is -0.578. The number of aliphatic hydroxyl groups excluding tert-OH is 2. The van der Waals surface area contributed by atoms with Crippen molar-refractivity contribution >= 4 is 5.78 Å². The Hall–Kier alpha value is -1.01. The van der Waals surface area contributed by atoms with Crippen LogP contribution in [0.5, 0.6) is 0 Å². The standard InChI is InChI=1S/C32H49NO4/c1-28-12-9-23(35)19-30(28)15-16-32(24(20-30)27(36)22-7-5-4-6-8-22)25(28)10-13-29(2)26(32)11-14-31(29,37)21-33(3)17-18-34/h15-16,20,22-23,25-26,34-35,37H,4-14,17-19,21H2,1-3H3/t23?,25-,26-,28-,29+,30+,31-,32-/m1/s1. The first-order chi connectivity index (χ1) is 17.6. The highest BCUT2D eigenvalue weighted by Gasteiger charge is 2.74. The van der Waals surface area contributed by atoms with Gasteiger partial charge in [0.2, 0.25) is 0 Å². The highest BCUT2D eigenvalue weighted by molar-refractivity contribution is 6.00. The number of nitrogens with zero attached hydrogens (tertiary/aromatic N) is 1. The minimum Gasteiger partial charge on any atom is -0.395 e. The fourth-order valence-corrected chi connectivity index (χ4v) is 10.9. The van der Waals surface area contributed by atoms with E-state index in [1.54, 1.807) is 0 Å². The molecule has 0 aromatic heterocycles. The molecule has 0 radical (unpaired) electrons. The molecule has 2 bridgehead atoms. The van der Waals surface area contributed by atoms with Crippen molar-refractivity contribution < 1.29 is 20.1 Å². The maximum Gasteiger partial charge on any atom is 0.162 e. The number of aliphatic hydroxyl groups is 3. The molecule has 7 aliphatic rings. The monoisotopic (exact) mass is 511 g/mol. The van der Waals surface area contributed by atoms with Gasteiger partial charge < -0.3 is 20.2 Å². The lowest BCUT2D eigenvalue weighted by Gasteiger charge is -2.71. The number of carbonyl (C=O) groups excluding carboxylic acids is 1. The van der Waals surface area contributed by atoms with Crippen molar-refractivity contribution in [3.8, 4) is 0 Å². The Bertz CT molecular complexity index is 1000. The van der Waals surface area contributed by atoms with E-state index in [-0.39, 0.29) is 46.2 Å². The molecule has 0 saturated heterocycles. The molecular weight excluding hydrogens is 462 g/mol. The van der Waals surface area contributed by atoms with Crippen LogP contribution in [0.15, 0.2) is 23.8 Å². The van der Waals surface area contributed by atoms with Crippen LogP contribution in [0.4, 0.5) is 0 Å². The van der Waals surface area contributed by atoms with Gasteiger partial charge in [0, 0.05) is 40.8 Å². The second-order valence-corrected chi connectivity index (χ2v) is 14.5. The number of Topliss-reactive ketones (excluding diaryl/α,β-unsaturated/α-hetero) is 1. The molecule has 0 aromatic carbocycles. The van der Waals surface area contributed by atoms with Gasteiger partial charge >= 0.3 is 0 Å². The molecule has 7 rings (SSSR count). The lowest BCUT2D eigenvalue weighted by molar-refractivity contribution is -0.179. The Balaban J connectivity index is 1.47. The molecule has 0 heterocycles. The maximum absolute atomic E-state index is 14.5. The summed E-state index contributed by atoms with van der Waals surface area (Å²) < 4.78 is 0. The van der Waals surface area contributed by atoms with E-state index >= 15 is 0 Å². The van der Waals surface area contributed by atoms with Crippen molar-refractivity contribution in [3.63, 3.8) is 0 Å². The Labute approximate surface area is 223 Å². The van der Waals surface area contributed by atoms with Crippen LogP contribution >= 0.6 is 0 Å². The number of fused-ring (bicyclic) bond motifs is 1. The number of carbonyl (C=O) groups is 1. The normalized spacial score (nSPS) is 48.9. The van der Waals surface area contributed by atoms with E-state index in [0.29, 0.717) is 24.8 Å². The van der Waals surface area contributed by atoms with Crippen LogP contribution in [0.25, 0.3) is 0 Å². The van der Waals surface area contributed by atoms with Crippen LogP contribution in [0.2, 0.25) is 0 Å². The highest BCUT2D eigenvalue weighted by Crippen LogP contribution is 2.78. The number of allylic oxidation sites excluding steroid dienone is 4. The van der Waals surface area contributed by atoms with E-state index in [1.165, 1.54) is 6.42 Å². The fraction of sp³-hybridized carbons (Fsp3) is 0.844. The van der Waals surface area contributed by atoms with Gasteiger partial charge in [0.1, 0.15) is 0 Å². The van der Waals surface area contributed by atoms with Crippen molar-refractivity contribution in [1.82, 2.24) is 4.90 Å². The Morgan fingerprint density at radius 2 is 1.65 bits per heavy atom. The molecule has 0 aliphatic heterocycles. The molecule has 3 N–H and O–H groups in total. The van der Waals surface area contributed by atoms with Crippen LogP contribution in [0.1, 0.15) is 90.9 Å². The van der Waals surface area contributed by atoms with Crippen LogP contribution in [-0.2, 0) is 4.79 Å². The predicted octanol–water partition coefficient (Wildman–Crippen LogP) is 4.65. The van der Waals surface area contributed by atoms with E-state index in [2.05, 4.69) is 37.0 Å². The van der Waals surface area contributed by atoms with E-state index in [9.17, 15) is 20.1 Å². The van der Waals surface area contributed by atoms with Gasteiger partial charge in [0.25, 0.3) is 0 Å². The largest absolute Gasteiger partial charge is 0.395 e. The average molecular weight is 512 g/mol. The SMILES string of the molecule is CN(CCO)C[C@]1(O)CC[C@H]2[C@]34C=C[C@@]5(C=C3C(=O)C3CCCCC3)CC(O)CC[C@]5(C)[C@H]4CC[C@@]21C. The van der Waals surface area contributed by atoms with Crippen LogP contribution in [0, 0.1) is 39.4 Å². The van der Waals surface area contributed by atoms with Gasteiger partial charge in [0.15, 0.2) is 5.78 Å². The number of ketones is 1. The Morgan fingerprint density at radius 3 is 2.38 bits per heavy atom. The molecule has 5 heteroatoms. The molecule has 4 fully saturated rings. The maximum atomic E-state index is 14.5. The van der Waals surface area contributed by atoms with E-state index in [4.69, 9.17) is 0 Å². The van der Waals surface area contributed by atoms with Crippen molar-refractivity contribution in [2.75, 3.05) is 26.7 Å². The van der Waals surface area contributed by atoms with Crippen molar-refractivity contribution in [1.29, 1.82) is 0 Å². The van der Waals surface area contributed by atoms with Crippen molar-refractivity contribution in [2.24, 2.45) is 39.4 Å². The zero-order valence-corrected chi connectivity index (χ0v) is 23.3. The minimum atomic E-state index is -0.830. The molecule has 8 atom stereocenters. The first-order valence-corrected chi connectivity index (χ1v) is 15.2. The van der Waals surface area contributed by atoms with Crippen LogP contribution < -0.4 is 0 Å². The minimum absolute atomic E-state index is 0.0348. The summed E-state index contributed by atoms with van der Waals surface area (Å²) in [4.78, 5) is 16.6. The topological polar surface area (TPSA) is 81.0 Å². The average Bonchev–Trinajstić information content (AvgIpc) is 3.14. The fourth-order valence-electron chi connectivity index (χ4n) is 10.9. The highest BCUT2D eigenvalue weighted by atomic mass is 16.3. The quantitative estimate of drug-likeness (QED) is 0.452. The molecule has 0 amide bonds. The molecule has 37 heavy (non-hydrogen) atoms. The van der Waals surface area contributed by atoms with Gasteiger partial charge in [-0.05, 0) is 82.1 Å². The van der Waals surface area contributed by atoms with Gasteiger partial charge in [-0.15, -0.1) is 0 Å². The van der Waals surface area contributed by atoms with E-state index < -0.39 is 5.60 Å². The summed E-state index contributed by atoms with van der Waals surface area (Å²) in [6, 6.07) is 0. The van der Waals surface area contributed by atoms with E-state index in [0.717, 1.165) is 76.2 Å². The third kappa shape index (κ3) is 3.39. The first-order valence-electron chi connectivity index (χ1n) is 15.2. The Morgan fingerprint density at radius 1 is 0.973 bits per heavy atom. The second kappa shape index (κ2) is 8.74. The Kier molecular flexibility index (Phi) is 6.20. The summed E-state index contributed by atoms with van der Waals surface area (Å²) in [6.07, 6.45) is 18.7. The second-order valence-electron chi connectivity index (χ2n) is 14.5. The number of likely N-dealkylation sites (N-methyl/N-ethyl adjacent to an activating group) is 1. The number of hydrogen-bond acceptors (Lipinski definition) is 5. The van der Waals surface area contributed by atoms with Crippen LogP contribution in [0.3, 0.4) is 0 Å². The van der Waals surface area contributed by atoms with Gasteiger partial charge in [-0.2, -0.15) is 0 Å². The molecule has 1 unspecified atom stereocenters. The third-order valence-corrected chi connectivity index (χ3v) is 13.0. The number of rotatable bonds is 6. The summed E-state index contributed by atoms with van der Waals surface area (Å²) in [5.74, 6) is 1.11. The lowest BCUT2D eigenvalue weighted by atomic mass is 9.32. The molecule has 2 spiro atoms. The number of hydrogen-bond donors (Lipinski definition) is 3. The predicted molar refractivity (Wildman–Crippen MR) is 145 cm³/mol. The summed E-state index contributed by atoms with van der Waals surface area (Å²) in [5, 5.41) is 32.6. The third-order valence-electron chi connectivity index (χ3n) is 13.0. The molecule has 206 valence electrons. The van der Waals surface area contributed by atoms with Gasteiger partial charge in [-0.25, -0.2) is 0 Å².